The molecule has 22 heavy (non-hydrogen) atoms. The fourth-order valence-electron chi connectivity index (χ4n) is 3.96. The molecule has 1 aromatic heterocycles. The highest BCUT2D eigenvalue weighted by Gasteiger charge is 2.39. The van der Waals surface area contributed by atoms with Crippen LogP contribution in [-0.2, 0) is 13.1 Å². The Morgan fingerprint density at radius 1 is 0.955 bits per heavy atom. The number of nitrogens with zero attached hydrogens (tertiary/aromatic N) is 2. The molecule has 2 unspecified atom stereocenters. The molecule has 4 rings (SSSR count). The van der Waals surface area contributed by atoms with Crippen molar-refractivity contribution in [3.05, 3.63) is 58.0 Å². The van der Waals surface area contributed by atoms with E-state index in [2.05, 4.69) is 27.3 Å². The zero-order valence-corrected chi connectivity index (χ0v) is 13.4. The summed E-state index contributed by atoms with van der Waals surface area (Å²) < 4.78 is 13.3. The lowest BCUT2D eigenvalue weighted by Crippen LogP contribution is -2.28. The van der Waals surface area contributed by atoms with Gasteiger partial charge in [0.25, 0.3) is 0 Å². The number of rotatable bonds is 4. The van der Waals surface area contributed by atoms with Crippen molar-refractivity contribution in [1.82, 2.24) is 9.80 Å². The van der Waals surface area contributed by atoms with Gasteiger partial charge in [0.15, 0.2) is 0 Å². The fraction of sp³-hybridized carbons (Fsp3) is 0.444. The van der Waals surface area contributed by atoms with Crippen LogP contribution in [0.25, 0.3) is 0 Å². The van der Waals surface area contributed by atoms with Crippen LogP contribution in [0.4, 0.5) is 4.39 Å². The van der Waals surface area contributed by atoms with E-state index in [0.29, 0.717) is 0 Å². The van der Waals surface area contributed by atoms with Gasteiger partial charge in [-0.15, -0.1) is 11.3 Å². The van der Waals surface area contributed by atoms with Gasteiger partial charge >= 0.3 is 0 Å². The second-order valence-electron chi connectivity index (χ2n) is 6.62. The molecule has 0 saturated carbocycles. The second-order valence-corrected chi connectivity index (χ2v) is 7.65. The maximum absolute atomic E-state index is 13.3. The van der Waals surface area contributed by atoms with Crippen molar-refractivity contribution in [2.75, 3.05) is 26.2 Å². The maximum atomic E-state index is 13.3. The lowest BCUT2D eigenvalue weighted by molar-refractivity contribution is 0.247. The molecular weight excluding hydrogens is 295 g/mol. The molecule has 2 atom stereocenters. The van der Waals surface area contributed by atoms with Crippen molar-refractivity contribution in [3.8, 4) is 0 Å². The van der Waals surface area contributed by atoms with Gasteiger partial charge in [-0.1, -0.05) is 18.2 Å². The minimum atomic E-state index is -0.126. The van der Waals surface area contributed by atoms with Crippen LogP contribution in [0.15, 0.2) is 41.8 Å². The normalized spacial score (nSPS) is 25.7. The summed E-state index contributed by atoms with van der Waals surface area (Å²) in [5.41, 5.74) is 1.09. The van der Waals surface area contributed by atoms with Gasteiger partial charge in [-0.3, -0.25) is 9.80 Å². The van der Waals surface area contributed by atoms with E-state index in [9.17, 15) is 4.39 Å². The van der Waals surface area contributed by atoms with E-state index in [0.717, 1.165) is 43.6 Å². The van der Waals surface area contributed by atoms with E-state index in [1.54, 1.807) is 6.07 Å². The van der Waals surface area contributed by atoms with Crippen LogP contribution in [0.5, 0.6) is 0 Å². The number of fused-ring (bicyclic) bond motifs is 1. The molecule has 0 bridgehead atoms. The highest BCUT2D eigenvalue weighted by Crippen LogP contribution is 2.33. The molecule has 0 N–H and O–H groups in total. The van der Waals surface area contributed by atoms with Gasteiger partial charge in [-0.2, -0.15) is 0 Å². The van der Waals surface area contributed by atoms with Crippen LogP contribution in [0.2, 0.25) is 0 Å². The predicted octanol–water partition coefficient (Wildman–Crippen LogP) is 3.45. The lowest BCUT2D eigenvalue weighted by atomic mass is 10.0. The molecule has 2 nitrogen and oxygen atoms in total. The first kappa shape index (κ1) is 14.4. The highest BCUT2D eigenvalue weighted by atomic mass is 32.1. The third kappa shape index (κ3) is 3.09. The van der Waals surface area contributed by atoms with Gasteiger partial charge in [0, 0.05) is 44.1 Å². The van der Waals surface area contributed by atoms with E-state index in [-0.39, 0.29) is 5.82 Å². The minimum absolute atomic E-state index is 0.126. The van der Waals surface area contributed by atoms with Crippen molar-refractivity contribution >= 4 is 11.3 Å². The molecule has 0 spiro atoms. The summed E-state index contributed by atoms with van der Waals surface area (Å²) >= 11 is 1.85. The van der Waals surface area contributed by atoms with Crippen LogP contribution in [-0.4, -0.2) is 36.0 Å². The monoisotopic (exact) mass is 316 g/mol. The van der Waals surface area contributed by atoms with E-state index in [1.165, 1.54) is 24.0 Å². The van der Waals surface area contributed by atoms with Crippen molar-refractivity contribution < 1.29 is 4.39 Å². The lowest BCUT2D eigenvalue weighted by Gasteiger charge is -2.21. The van der Waals surface area contributed by atoms with Crippen molar-refractivity contribution in [2.24, 2.45) is 11.8 Å². The van der Waals surface area contributed by atoms with Gasteiger partial charge in [0.2, 0.25) is 0 Å². The fourth-order valence-corrected chi connectivity index (χ4v) is 4.71. The topological polar surface area (TPSA) is 6.48 Å². The van der Waals surface area contributed by atoms with Gasteiger partial charge < -0.3 is 0 Å². The SMILES string of the molecule is Fc1cccc(CN2CC3CN(Cc4cccs4)CC3C2)c1. The summed E-state index contributed by atoms with van der Waals surface area (Å²) in [6, 6.07) is 11.4. The summed E-state index contributed by atoms with van der Waals surface area (Å²) in [6.07, 6.45) is 0. The standard InChI is InChI=1S/C18H21FN2S/c19-17-4-1-3-14(7-17)8-20-9-15-11-21(12-16(15)10-20)13-18-5-2-6-22-18/h1-7,15-16H,8-13H2. The molecule has 0 amide bonds. The van der Waals surface area contributed by atoms with Crippen LogP contribution in [0.3, 0.4) is 0 Å². The number of benzene rings is 1. The Kier molecular flexibility index (Phi) is 3.99. The first-order valence-electron chi connectivity index (χ1n) is 7.98. The van der Waals surface area contributed by atoms with Crippen molar-refractivity contribution in [3.63, 3.8) is 0 Å². The molecule has 2 aromatic rings. The first-order valence-corrected chi connectivity index (χ1v) is 8.86. The Bertz CT molecular complexity index is 614. The third-order valence-corrected chi connectivity index (χ3v) is 5.75. The zero-order valence-electron chi connectivity index (χ0n) is 12.6. The largest absolute Gasteiger partial charge is 0.298 e. The smallest absolute Gasteiger partial charge is 0.123 e. The summed E-state index contributed by atoms with van der Waals surface area (Å²) in [7, 11) is 0. The quantitative estimate of drug-likeness (QED) is 0.852. The Morgan fingerprint density at radius 2 is 1.68 bits per heavy atom. The Balaban J connectivity index is 1.32. The summed E-state index contributed by atoms with van der Waals surface area (Å²) in [5.74, 6) is 1.45. The van der Waals surface area contributed by atoms with Crippen molar-refractivity contribution in [1.29, 1.82) is 0 Å². The van der Waals surface area contributed by atoms with Crippen molar-refractivity contribution in [2.45, 2.75) is 13.1 Å². The molecule has 2 aliphatic heterocycles. The number of hydrogen-bond donors (Lipinski definition) is 0. The molecule has 2 saturated heterocycles. The number of hydrogen-bond acceptors (Lipinski definition) is 3. The van der Waals surface area contributed by atoms with Crippen LogP contribution in [0.1, 0.15) is 10.4 Å². The molecular formula is C18H21FN2S. The van der Waals surface area contributed by atoms with Gasteiger partial charge in [-0.25, -0.2) is 4.39 Å². The van der Waals surface area contributed by atoms with E-state index in [1.807, 2.05) is 23.5 Å². The molecule has 116 valence electrons. The number of halogens is 1. The van der Waals surface area contributed by atoms with E-state index < -0.39 is 0 Å². The van der Waals surface area contributed by atoms with Gasteiger partial charge in [0.1, 0.15) is 5.82 Å². The first-order chi connectivity index (χ1) is 10.8. The van der Waals surface area contributed by atoms with Crippen LogP contribution < -0.4 is 0 Å². The molecule has 4 heteroatoms. The summed E-state index contributed by atoms with van der Waals surface area (Å²) in [5, 5.41) is 2.16. The second kappa shape index (κ2) is 6.11. The summed E-state index contributed by atoms with van der Waals surface area (Å²) in [4.78, 5) is 6.56. The average Bonchev–Trinajstić information content (AvgIpc) is 3.16. The molecule has 3 heterocycles. The molecule has 2 fully saturated rings. The van der Waals surface area contributed by atoms with E-state index >= 15 is 0 Å². The predicted molar refractivity (Wildman–Crippen MR) is 88.3 cm³/mol. The van der Waals surface area contributed by atoms with Crippen LogP contribution in [0, 0.1) is 17.7 Å². The average molecular weight is 316 g/mol. The molecule has 2 aliphatic rings. The number of likely N-dealkylation sites (tertiary alicyclic amines) is 2. The summed E-state index contributed by atoms with van der Waals surface area (Å²) in [6.45, 7) is 6.72. The highest BCUT2D eigenvalue weighted by molar-refractivity contribution is 7.09. The third-order valence-electron chi connectivity index (χ3n) is 4.89. The maximum Gasteiger partial charge on any atom is 0.123 e. The minimum Gasteiger partial charge on any atom is -0.298 e. The Labute approximate surface area is 135 Å². The van der Waals surface area contributed by atoms with Gasteiger partial charge in [0.05, 0.1) is 0 Å². The molecule has 1 aromatic carbocycles. The van der Waals surface area contributed by atoms with Crippen LogP contribution >= 0.6 is 11.3 Å². The Hall–Kier alpha value is -1.23. The van der Waals surface area contributed by atoms with Gasteiger partial charge in [-0.05, 0) is 41.0 Å². The number of thiophene rings is 1. The van der Waals surface area contributed by atoms with E-state index in [4.69, 9.17) is 0 Å². The molecule has 0 aliphatic carbocycles. The zero-order chi connectivity index (χ0) is 14.9. The molecule has 0 radical (unpaired) electrons. The Morgan fingerprint density at radius 3 is 2.32 bits per heavy atom.